The molecule has 1 amide bonds. The van der Waals surface area contributed by atoms with Crippen molar-refractivity contribution in [3.63, 3.8) is 0 Å². The van der Waals surface area contributed by atoms with E-state index in [4.69, 9.17) is 19.8 Å². The van der Waals surface area contributed by atoms with Gasteiger partial charge in [-0.3, -0.25) is 9.78 Å². The normalized spacial score (nSPS) is 15.7. The second-order valence-corrected chi connectivity index (χ2v) is 7.90. The molecule has 0 radical (unpaired) electrons. The van der Waals surface area contributed by atoms with Crippen molar-refractivity contribution in [2.75, 3.05) is 44.8 Å². The number of rotatable bonds is 7. The van der Waals surface area contributed by atoms with E-state index in [0.29, 0.717) is 23.8 Å². The molecule has 1 aliphatic heterocycles. The Balaban J connectivity index is 1.59. The van der Waals surface area contributed by atoms with Gasteiger partial charge in [-0.15, -0.1) is 0 Å². The van der Waals surface area contributed by atoms with E-state index in [1.165, 1.54) is 6.42 Å². The van der Waals surface area contributed by atoms with E-state index in [9.17, 15) is 4.79 Å². The van der Waals surface area contributed by atoms with Crippen molar-refractivity contribution in [3.8, 4) is 17.3 Å². The van der Waals surface area contributed by atoms with Crippen molar-refractivity contribution in [2.24, 2.45) is 0 Å². The third-order valence-electron chi connectivity index (χ3n) is 5.67. The number of carbonyl (C=O) groups is 1. The van der Waals surface area contributed by atoms with Crippen LogP contribution in [0.1, 0.15) is 36.9 Å². The highest BCUT2D eigenvalue weighted by molar-refractivity contribution is 5.81. The number of piperidine rings is 1. The summed E-state index contributed by atoms with van der Waals surface area (Å²) in [6, 6.07) is 3.53. The number of likely N-dealkylation sites (tertiary alicyclic amines) is 1. The van der Waals surface area contributed by atoms with Crippen molar-refractivity contribution in [1.82, 2.24) is 19.9 Å². The lowest BCUT2D eigenvalue weighted by molar-refractivity contribution is -0.130. The van der Waals surface area contributed by atoms with E-state index < -0.39 is 0 Å². The molecule has 30 heavy (non-hydrogen) atoms. The number of carbonyl (C=O) groups excluding carboxylic acids is 1. The summed E-state index contributed by atoms with van der Waals surface area (Å²) in [6.07, 6.45) is 7.91. The Bertz CT molecular complexity index is 898. The lowest BCUT2D eigenvalue weighted by Crippen LogP contribution is -2.42. The first-order valence-corrected chi connectivity index (χ1v) is 10.7. The first-order valence-electron chi connectivity index (χ1n) is 10.7. The van der Waals surface area contributed by atoms with Gasteiger partial charge in [-0.05, 0) is 44.6 Å². The monoisotopic (exact) mass is 411 g/mol. The molecule has 0 atom stereocenters. The molecular formula is C22H29N5O3. The quantitative estimate of drug-likeness (QED) is 0.743. The van der Waals surface area contributed by atoms with E-state index in [2.05, 4.69) is 4.98 Å². The van der Waals surface area contributed by atoms with E-state index in [0.717, 1.165) is 62.3 Å². The second kappa shape index (κ2) is 9.38. The summed E-state index contributed by atoms with van der Waals surface area (Å²) in [5, 5.41) is 8.98. The highest BCUT2D eigenvalue weighted by atomic mass is 16.5. The summed E-state index contributed by atoms with van der Waals surface area (Å²) in [5.41, 5.74) is 2.80. The standard InChI is InChI=1S/C22H29N5O3/c1-26(15-20(29)27-10-3-2-4-11-27)22-17-6-5-7-18(17)24-21(25-22)19-14-16(8-9-23-19)30-13-12-28/h8-9,14,28H,2-7,10-13,15H2,1H3. The molecule has 1 N–H and O–H groups in total. The number of pyridine rings is 1. The van der Waals surface area contributed by atoms with Crippen molar-refractivity contribution < 1.29 is 14.6 Å². The van der Waals surface area contributed by atoms with E-state index in [1.807, 2.05) is 16.8 Å². The molecule has 4 rings (SSSR count). The first kappa shape index (κ1) is 20.5. The molecule has 8 heteroatoms. The topological polar surface area (TPSA) is 91.7 Å². The maximum atomic E-state index is 12.8. The minimum absolute atomic E-state index is 0.0486. The Morgan fingerprint density at radius 2 is 2.03 bits per heavy atom. The van der Waals surface area contributed by atoms with Gasteiger partial charge in [0.1, 0.15) is 23.9 Å². The van der Waals surface area contributed by atoms with E-state index in [-0.39, 0.29) is 19.1 Å². The van der Waals surface area contributed by atoms with Crippen molar-refractivity contribution >= 4 is 11.7 Å². The zero-order valence-corrected chi connectivity index (χ0v) is 17.5. The summed E-state index contributed by atoms with van der Waals surface area (Å²) < 4.78 is 5.50. The van der Waals surface area contributed by atoms with E-state index in [1.54, 1.807) is 18.3 Å². The number of hydrogen-bond acceptors (Lipinski definition) is 7. The van der Waals surface area contributed by atoms with Crippen LogP contribution in [0.15, 0.2) is 18.3 Å². The molecule has 0 spiro atoms. The summed E-state index contributed by atoms with van der Waals surface area (Å²) in [4.78, 5) is 30.7. The molecule has 8 nitrogen and oxygen atoms in total. The third-order valence-corrected chi connectivity index (χ3v) is 5.67. The molecule has 0 saturated carbocycles. The Kier molecular flexibility index (Phi) is 6.42. The van der Waals surface area contributed by atoms with Gasteiger partial charge in [-0.1, -0.05) is 0 Å². The number of likely N-dealkylation sites (N-methyl/N-ethyl adjacent to an activating group) is 1. The Hall–Kier alpha value is -2.74. The molecule has 2 aromatic heterocycles. The highest BCUT2D eigenvalue weighted by Crippen LogP contribution is 2.31. The molecule has 160 valence electrons. The van der Waals surface area contributed by atoms with Crippen LogP contribution in [0.5, 0.6) is 5.75 Å². The molecule has 1 saturated heterocycles. The first-order chi connectivity index (χ1) is 14.7. The van der Waals surface area contributed by atoms with Gasteiger partial charge in [-0.25, -0.2) is 9.97 Å². The van der Waals surface area contributed by atoms with Crippen LogP contribution in [0.25, 0.3) is 11.5 Å². The molecule has 0 aromatic carbocycles. The van der Waals surface area contributed by atoms with E-state index >= 15 is 0 Å². The summed E-state index contributed by atoms with van der Waals surface area (Å²) in [7, 11) is 1.93. The fourth-order valence-corrected chi connectivity index (χ4v) is 4.15. The molecular weight excluding hydrogens is 382 g/mol. The molecule has 2 aliphatic rings. The van der Waals surface area contributed by atoms with Crippen LogP contribution in [0.4, 0.5) is 5.82 Å². The van der Waals surface area contributed by atoms with Gasteiger partial charge in [0.15, 0.2) is 5.82 Å². The van der Waals surface area contributed by atoms with Crippen LogP contribution in [-0.2, 0) is 17.6 Å². The Labute approximate surface area is 176 Å². The lowest BCUT2D eigenvalue weighted by atomic mass is 10.1. The van der Waals surface area contributed by atoms with Gasteiger partial charge in [0.2, 0.25) is 5.91 Å². The number of aryl methyl sites for hydroxylation is 1. The minimum atomic E-state index is -0.0486. The number of hydrogen-bond donors (Lipinski definition) is 1. The predicted molar refractivity (Wildman–Crippen MR) is 114 cm³/mol. The summed E-state index contributed by atoms with van der Waals surface area (Å²) in [6.45, 7) is 2.19. The molecule has 2 aromatic rings. The molecule has 1 fully saturated rings. The molecule has 3 heterocycles. The number of amides is 1. The smallest absolute Gasteiger partial charge is 0.242 e. The minimum Gasteiger partial charge on any atom is -0.491 e. The summed E-state index contributed by atoms with van der Waals surface area (Å²) in [5.74, 6) is 2.13. The van der Waals surface area contributed by atoms with Gasteiger partial charge >= 0.3 is 0 Å². The Morgan fingerprint density at radius 1 is 1.20 bits per heavy atom. The molecule has 1 aliphatic carbocycles. The average Bonchev–Trinajstić information content (AvgIpc) is 3.26. The number of aliphatic hydroxyl groups is 1. The number of nitrogens with zero attached hydrogens (tertiary/aromatic N) is 5. The zero-order valence-electron chi connectivity index (χ0n) is 17.5. The van der Waals surface area contributed by atoms with Gasteiger partial charge in [0.25, 0.3) is 0 Å². The largest absolute Gasteiger partial charge is 0.491 e. The number of anilines is 1. The Morgan fingerprint density at radius 3 is 2.83 bits per heavy atom. The maximum absolute atomic E-state index is 12.8. The summed E-state index contributed by atoms with van der Waals surface area (Å²) >= 11 is 0. The highest BCUT2D eigenvalue weighted by Gasteiger charge is 2.25. The van der Waals surface area contributed by atoms with Crippen LogP contribution < -0.4 is 9.64 Å². The van der Waals surface area contributed by atoms with Crippen LogP contribution in [-0.4, -0.2) is 70.8 Å². The lowest BCUT2D eigenvalue weighted by Gasteiger charge is -2.29. The van der Waals surface area contributed by atoms with Crippen LogP contribution in [0.2, 0.25) is 0 Å². The number of aromatic nitrogens is 3. The van der Waals surface area contributed by atoms with Gasteiger partial charge in [-0.2, -0.15) is 0 Å². The van der Waals surface area contributed by atoms with Crippen LogP contribution in [0.3, 0.4) is 0 Å². The van der Waals surface area contributed by atoms with Crippen LogP contribution in [0, 0.1) is 0 Å². The van der Waals surface area contributed by atoms with Gasteiger partial charge in [0, 0.05) is 43.7 Å². The second-order valence-electron chi connectivity index (χ2n) is 7.90. The molecule has 0 bridgehead atoms. The third kappa shape index (κ3) is 4.53. The SMILES string of the molecule is CN(CC(=O)N1CCCCC1)c1nc(-c2cc(OCCO)ccn2)nc2c1CCC2. The van der Waals surface area contributed by atoms with Crippen molar-refractivity contribution in [1.29, 1.82) is 0 Å². The maximum Gasteiger partial charge on any atom is 0.242 e. The fraction of sp³-hybridized carbons (Fsp3) is 0.545. The van der Waals surface area contributed by atoms with Gasteiger partial charge in [0.05, 0.1) is 13.2 Å². The molecule has 0 unspecified atom stereocenters. The predicted octanol–water partition coefficient (Wildman–Crippen LogP) is 1.85. The van der Waals surface area contributed by atoms with Gasteiger partial charge < -0.3 is 19.6 Å². The average molecular weight is 412 g/mol. The number of ether oxygens (including phenoxy) is 1. The van der Waals surface area contributed by atoms with Crippen molar-refractivity contribution in [2.45, 2.75) is 38.5 Å². The number of aliphatic hydroxyl groups excluding tert-OH is 1. The fourth-order valence-electron chi connectivity index (χ4n) is 4.15. The van der Waals surface area contributed by atoms with Crippen molar-refractivity contribution in [3.05, 3.63) is 29.6 Å². The number of fused-ring (bicyclic) bond motifs is 1. The van der Waals surface area contributed by atoms with Crippen LogP contribution >= 0.6 is 0 Å². The zero-order chi connectivity index (χ0) is 20.9.